The zero-order chi connectivity index (χ0) is 21.0. The van der Waals surface area contributed by atoms with Crippen molar-refractivity contribution in [2.45, 2.75) is 24.8 Å². The topological polar surface area (TPSA) is 90.0 Å². The summed E-state index contributed by atoms with van der Waals surface area (Å²) in [6, 6.07) is 9.41. The summed E-state index contributed by atoms with van der Waals surface area (Å²) in [7, 11) is 0. The Balaban J connectivity index is 1.19. The van der Waals surface area contributed by atoms with Crippen LogP contribution in [0.2, 0.25) is 0 Å². The third kappa shape index (κ3) is 2.90. The summed E-state index contributed by atoms with van der Waals surface area (Å²) >= 11 is 0. The van der Waals surface area contributed by atoms with E-state index in [4.69, 9.17) is 14.2 Å². The molecular formula is C23H21N3O5. The van der Waals surface area contributed by atoms with Crippen LogP contribution in [0.1, 0.15) is 11.1 Å². The average molecular weight is 419 g/mol. The van der Waals surface area contributed by atoms with Gasteiger partial charge in [0, 0.05) is 25.5 Å². The van der Waals surface area contributed by atoms with E-state index in [0.29, 0.717) is 31.1 Å². The Hall–Kier alpha value is -3.39. The number of nitrogens with one attached hydrogen (secondary N) is 1. The maximum absolute atomic E-state index is 13.4. The summed E-state index contributed by atoms with van der Waals surface area (Å²) < 4.78 is 17.0. The highest BCUT2D eigenvalue weighted by Crippen LogP contribution is 2.52. The van der Waals surface area contributed by atoms with Crippen LogP contribution >= 0.6 is 0 Å². The fourth-order valence-electron chi connectivity index (χ4n) is 5.08. The molecule has 4 aliphatic rings. The molecule has 1 spiro atoms. The normalized spacial score (nSPS) is 29.5. The monoisotopic (exact) mass is 419 g/mol. The predicted molar refractivity (Wildman–Crippen MR) is 108 cm³/mol. The number of amides is 2. The van der Waals surface area contributed by atoms with E-state index in [-0.39, 0.29) is 24.7 Å². The van der Waals surface area contributed by atoms with E-state index < -0.39 is 17.4 Å². The fourth-order valence-corrected chi connectivity index (χ4v) is 5.08. The molecule has 8 heteroatoms. The number of benzene rings is 1. The molecule has 5 heterocycles. The van der Waals surface area contributed by atoms with Crippen LogP contribution in [0.5, 0.6) is 11.5 Å². The third-order valence-electron chi connectivity index (χ3n) is 6.48. The Morgan fingerprint density at radius 1 is 1.23 bits per heavy atom. The van der Waals surface area contributed by atoms with Crippen molar-refractivity contribution in [3.8, 4) is 11.5 Å². The number of hydrogen-bond acceptors (Lipinski definition) is 6. The van der Waals surface area contributed by atoms with Crippen molar-refractivity contribution >= 4 is 11.8 Å². The van der Waals surface area contributed by atoms with Gasteiger partial charge in [0.1, 0.15) is 5.60 Å². The number of pyridine rings is 1. The number of aromatic nitrogens is 1. The summed E-state index contributed by atoms with van der Waals surface area (Å²) in [4.78, 5) is 32.2. The van der Waals surface area contributed by atoms with Crippen molar-refractivity contribution in [3.05, 3.63) is 66.0 Å². The van der Waals surface area contributed by atoms with Gasteiger partial charge in [0.2, 0.25) is 18.6 Å². The van der Waals surface area contributed by atoms with Gasteiger partial charge in [0.15, 0.2) is 11.5 Å². The van der Waals surface area contributed by atoms with Gasteiger partial charge in [-0.25, -0.2) is 0 Å². The molecule has 158 valence electrons. The molecule has 8 nitrogen and oxygen atoms in total. The number of ether oxygens (including phenoxy) is 3. The van der Waals surface area contributed by atoms with Gasteiger partial charge in [-0.2, -0.15) is 0 Å². The second-order valence-electron chi connectivity index (χ2n) is 8.36. The number of nitrogens with zero attached hydrogens (tertiary/aromatic N) is 2. The number of fused-ring (bicyclic) bond motifs is 2. The summed E-state index contributed by atoms with van der Waals surface area (Å²) in [6.07, 6.45) is 6.92. The molecule has 2 saturated heterocycles. The SMILES string of the molecule is O=C(NCc1cccnc1)[C@H]1[C@@H]2C=C[C@]3(CN(Cc4ccc5c(c4)OCO5)C(=O)[C@H]13)O2. The van der Waals surface area contributed by atoms with Gasteiger partial charge >= 0.3 is 0 Å². The molecule has 0 aliphatic carbocycles. The first-order valence-corrected chi connectivity index (χ1v) is 10.3. The van der Waals surface area contributed by atoms with E-state index in [1.165, 1.54) is 0 Å². The molecule has 2 fully saturated rings. The smallest absolute Gasteiger partial charge is 0.231 e. The number of hydrogen-bond donors (Lipinski definition) is 1. The lowest BCUT2D eigenvalue weighted by atomic mass is 9.77. The first kappa shape index (κ1) is 18.4. The summed E-state index contributed by atoms with van der Waals surface area (Å²) in [5.41, 5.74) is 1.13. The van der Waals surface area contributed by atoms with Crippen molar-refractivity contribution in [2.75, 3.05) is 13.3 Å². The molecule has 31 heavy (non-hydrogen) atoms. The molecule has 6 rings (SSSR count). The molecule has 2 bridgehead atoms. The lowest BCUT2D eigenvalue weighted by Gasteiger charge is -2.23. The third-order valence-corrected chi connectivity index (χ3v) is 6.48. The lowest BCUT2D eigenvalue weighted by molar-refractivity contribution is -0.137. The van der Waals surface area contributed by atoms with Crippen LogP contribution in [0.25, 0.3) is 0 Å². The van der Waals surface area contributed by atoms with E-state index in [9.17, 15) is 9.59 Å². The van der Waals surface area contributed by atoms with Crippen LogP contribution in [-0.2, 0) is 27.4 Å². The Kier molecular flexibility index (Phi) is 4.04. The van der Waals surface area contributed by atoms with Gasteiger partial charge in [-0.1, -0.05) is 24.3 Å². The van der Waals surface area contributed by atoms with E-state index in [2.05, 4.69) is 10.3 Å². The summed E-state index contributed by atoms with van der Waals surface area (Å²) in [5.74, 6) is 0.144. The van der Waals surface area contributed by atoms with E-state index in [0.717, 1.165) is 11.1 Å². The van der Waals surface area contributed by atoms with Crippen LogP contribution in [0.4, 0.5) is 0 Å². The maximum Gasteiger partial charge on any atom is 0.231 e. The second-order valence-corrected chi connectivity index (χ2v) is 8.36. The number of rotatable bonds is 5. The first-order valence-electron chi connectivity index (χ1n) is 10.3. The molecule has 1 aromatic heterocycles. The fraction of sp³-hybridized carbons (Fsp3) is 0.348. The largest absolute Gasteiger partial charge is 0.454 e. The van der Waals surface area contributed by atoms with Crippen molar-refractivity contribution in [2.24, 2.45) is 11.8 Å². The lowest BCUT2D eigenvalue weighted by Crippen LogP contribution is -2.43. The van der Waals surface area contributed by atoms with Gasteiger partial charge in [-0.05, 0) is 29.3 Å². The minimum atomic E-state index is -0.728. The summed E-state index contributed by atoms with van der Waals surface area (Å²) in [5, 5.41) is 2.95. The van der Waals surface area contributed by atoms with E-state index in [1.54, 1.807) is 17.3 Å². The van der Waals surface area contributed by atoms with Crippen LogP contribution in [0, 0.1) is 11.8 Å². The van der Waals surface area contributed by atoms with E-state index >= 15 is 0 Å². The first-order chi connectivity index (χ1) is 15.1. The highest BCUT2D eigenvalue weighted by atomic mass is 16.7. The molecule has 1 N–H and O–H groups in total. The van der Waals surface area contributed by atoms with Gasteiger partial charge in [-0.15, -0.1) is 0 Å². The van der Waals surface area contributed by atoms with Gasteiger partial charge in [-0.3, -0.25) is 14.6 Å². The Morgan fingerprint density at radius 3 is 3.00 bits per heavy atom. The van der Waals surface area contributed by atoms with Crippen molar-refractivity contribution < 1.29 is 23.8 Å². The Morgan fingerprint density at radius 2 is 2.13 bits per heavy atom. The molecule has 4 aliphatic heterocycles. The molecule has 1 aromatic carbocycles. The van der Waals surface area contributed by atoms with Gasteiger partial charge in [0.25, 0.3) is 0 Å². The summed E-state index contributed by atoms with van der Waals surface area (Å²) in [6.45, 7) is 1.45. The zero-order valence-electron chi connectivity index (χ0n) is 16.7. The molecular weight excluding hydrogens is 398 g/mol. The minimum Gasteiger partial charge on any atom is -0.454 e. The number of carbonyl (C=O) groups is 2. The molecule has 0 radical (unpaired) electrons. The maximum atomic E-state index is 13.4. The molecule has 2 aromatic rings. The van der Waals surface area contributed by atoms with Gasteiger partial charge in [0.05, 0.1) is 24.5 Å². The van der Waals surface area contributed by atoms with E-state index in [1.807, 2.05) is 42.5 Å². The van der Waals surface area contributed by atoms with Crippen molar-refractivity contribution in [3.63, 3.8) is 0 Å². The average Bonchev–Trinajstić information content (AvgIpc) is 3.54. The number of carbonyl (C=O) groups excluding carboxylic acids is 2. The standard InChI is InChI=1S/C23H21N3O5/c27-21(25-10-15-2-1-7-24-9-15)19-17-5-6-23(31-17)12-26(22(28)20(19)23)11-14-3-4-16-18(8-14)30-13-29-16/h1-9,17,19-20H,10-13H2,(H,25,27)/t17-,19-,20-,23+/m0/s1. The van der Waals surface area contributed by atoms with Crippen LogP contribution in [0.3, 0.4) is 0 Å². The second kappa shape index (κ2) is 6.81. The Labute approximate surface area is 178 Å². The Bertz CT molecular complexity index is 1090. The predicted octanol–water partition coefficient (Wildman–Crippen LogP) is 1.41. The van der Waals surface area contributed by atoms with Crippen LogP contribution < -0.4 is 14.8 Å². The molecule has 2 amide bonds. The molecule has 0 saturated carbocycles. The van der Waals surface area contributed by atoms with Gasteiger partial charge < -0.3 is 24.4 Å². The van der Waals surface area contributed by atoms with Crippen molar-refractivity contribution in [1.29, 1.82) is 0 Å². The highest BCUT2D eigenvalue weighted by molar-refractivity contribution is 5.93. The molecule has 4 atom stereocenters. The minimum absolute atomic E-state index is 0.0500. The van der Waals surface area contributed by atoms with Crippen molar-refractivity contribution in [1.82, 2.24) is 15.2 Å². The molecule has 0 unspecified atom stereocenters. The number of likely N-dealkylation sites (tertiary alicyclic amines) is 1. The van der Waals surface area contributed by atoms with Crippen LogP contribution in [-0.4, -0.2) is 46.7 Å². The van der Waals surface area contributed by atoms with Crippen LogP contribution in [0.15, 0.2) is 54.9 Å². The zero-order valence-corrected chi connectivity index (χ0v) is 16.7. The quantitative estimate of drug-likeness (QED) is 0.737. The highest BCUT2D eigenvalue weighted by Gasteiger charge is 2.66.